The van der Waals surface area contributed by atoms with E-state index in [-0.39, 0.29) is 28.2 Å². The summed E-state index contributed by atoms with van der Waals surface area (Å²) < 4.78 is 1.40. The van der Waals surface area contributed by atoms with Crippen LogP contribution in [0.4, 0.5) is 5.69 Å². The number of nitrogens with zero attached hydrogens (tertiary/aromatic N) is 3. The number of hydrogen-bond donors (Lipinski definition) is 2. The van der Waals surface area contributed by atoms with Crippen LogP contribution in [-0.2, 0) is 0 Å². The van der Waals surface area contributed by atoms with Gasteiger partial charge < -0.3 is 15.3 Å². The highest BCUT2D eigenvalue weighted by atomic mass is 16.3. The molecule has 2 heterocycles. The molecule has 2 aromatic heterocycles. The standard InChI is InChI=1S/C23H22N4O3/c1-26(2)12-11-24-19-13-15(21(29)17-8-4-6-10-20(17)28)14-27-22(19)25-18-9-5-3-7-16(18)23(27)30/h3-10,13-14,24,28H,11-12H2,1-2H3. The lowest BCUT2D eigenvalue weighted by Crippen LogP contribution is -2.23. The number of carbonyl (C=O) groups is 1. The van der Waals surface area contributed by atoms with Crippen molar-refractivity contribution in [1.29, 1.82) is 0 Å². The zero-order valence-electron chi connectivity index (χ0n) is 16.8. The molecule has 0 bridgehead atoms. The van der Waals surface area contributed by atoms with E-state index in [0.29, 0.717) is 28.8 Å². The molecule has 0 atom stereocenters. The zero-order valence-corrected chi connectivity index (χ0v) is 16.8. The van der Waals surface area contributed by atoms with Crippen molar-refractivity contribution in [1.82, 2.24) is 14.3 Å². The Bertz CT molecular complexity index is 1310. The average molecular weight is 402 g/mol. The van der Waals surface area contributed by atoms with Gasteiger partial charge in [-0.3, -0.25) is 14.0 Å². The van der Waals surface area contributed by atoms with Gasteiger partial charge in [0.15, 0.2) is 11.4 Å². The number of ketones is 1. The molecule has 0 saturated heterocycles. The van der Waals surface area contributed by atoms with Crippen LogP contribution < -0.4 is 10.9 Å². The molecule has 0 radical (unpaired) electrons. The molecule has 2 N–H and O–H groups in total. The summed E-state index contributed by atoms with van der Waals surface area (Å²) in [6.07, 6.45) is 1.49. The van der Waals surface area contributed by atoms with E-state index in [1.807, 2.05) is 25.1 Å². The first kappa shape index (κ1) is 19.6. The number of rotatable bonds is 6. The topological polar surface area (TPSA) is 86.9 Å². The summed E-state index contributed by atoms with van der Waals surface area (Å²) in [6, 6.07) is 15.2. The van der Waals surface area contributed by atoms with Gasteiger partial charge in [-0.1, -0.05) is 24.3 Å². The predicted molar refractivity (Wildman–Crippen MR) is 118 cm³/mol. The smallest absolute Gasteiger partial charge is 0.265 e. The van der Waals surface area contributed by atoms with E-state index in [1.54, 1.807) is 42.5 Å². The van der Waals surface area contributed by atoms with Gasteiger partial charge in [-0.15, -0.1) is 0 Å². The van der Waals surface area contributed by atoms with Crippen molar-refractivity contribution in [2.45, 2.75) is 0 Å². The summed E-state index contributed by atoms with van der Waals surface area (Å²) in [5.41, 5.74) is 1.84. The van der Waals surface area contributed by atoms with Crippen LogP contribution in [0.15, 0.2) is 65.6 Å². The highest BCUT2D eigenvalue weighted by Gasteiger charge is 2.18. The molecular weight excluding hydrogens is 380 g/mol. The molecule has 7 nitrogen and oxygen atoms in total. The summed E-state index contributed by atoms with van der Waals surface area (Å²) in [5, 5.41) is 13.9. The summed E-state index contributed by atoms with van der Waals surface area (Å²) in [5.74, 6) is -0.473. The third kappa shape index (κ3) is 3.62. The van der Waals surface area contributed by atoms with Crippen LogP contribution in [0, 0.1) is 0 Å². The van der Waals surface area contributed by atoms with Crippen molar-refractivity contribution in [2.24, 2.45) is 0 Å². The Balaban J connectivity index is 1.92. The Hall–Kier alpha value is -3.71. The maximum absolute atomic E-state index is 13.1. The van der Waals surface area contributed by atoms with Crippen molar-refractivity contribution in [3.63, 3.8) is 0 Å². The molecule has 0 fully saturated rings. The number of aromatic nitrogens is 2. The molecule has 4 aromatic rings. The minimum absolute atomic E-state index is 0.103. The van der Waals surface area contributed by atoms with Gasteiger partial charge in [-0.2, -0.15) is 0 Å². The molecule has 0 aliphatic heterocycles. The number of para-hydroxylation sites is 2. The summed E-state index contributed by atoms with van der Waals surface area (Å²) >= 11 is 0. The van der Waals surface area contributed by atoms with Gasteiger partial charge in [0.1, 0.15) is 5.75 Å². The predicted octanol–water partition coefficient (Wildman–Crippen LogP) is 2.76. The third-order valence-electron chi connectivity index (χ3n) is 4.90. The van der Waals surface area contributed by atoms with Crippen LogP contribution in [0.25, 0.3) is 16.6 Å². The Kier molecular flexibility index (Phi) is 5.20. The molecule has 152 valence electrons. The monoisotopic (exact) mass is 402 g/mol. The van der Waals surface area contributed by atoms with Gasteiger partial charge in [0.05, 0.1) is 22.2 Å². The molecule has 30 heavy (non-hydrogen) atoms. The SMILES string of the molecule is CN(C)CCNc1cc(C(=O)c2ccccc2O)cn2c(=O)c3ccccc3nc12. The van der Waals surface area contributed by atoms with Gasteiger partial charge >= 0.3 is 0 Å². The number of carbonyl (C=O) groups excluding carboxylic acids is 1. The van der Waals surface area contributed by atoms with Crippen molar-refractivity contribution < 1.29 is 9.90 Å². The number of pyridine rings is 1. The van der Waals surface area contributed by atoms with Gasteiger partial charge in [-0.05, 0) is 44.4 Å². The first-order valence-corrected chi connectivity index (χ1v) is 9.62. The molecule has 0 amide bonds. The number of hydrogen-bond acceptors (Lipinski definition) is 6. The number of fused-ring (bicyclic) bond motifs is 2. The number of phenolic OH excluding ortho intramolecular Hbond substituents is 1. The van der Waals surface area contributed by atoms with Crippen molar-refractivity contribution in [3.8, 4) is 5.75 Å². The van der Waals surface area contributed by atoms with Crippen LogP contribution >= 0.6 is 0 Å². The van der Waals surface area contributed by atoms with Crippen LogP contribution in [-0.4, -0.2) is 52.4 Å². The second-order valence-electron chi connectivity index (χ2n) is 7.35. The summed E-state index contributed by atoms with van der Waals surface area (Å²) in [7, 11) is 3.93. The molecule has 0 spiro atoms. The van der Waals surface area contributed by atoms with E-state index < -0.39 is 0 Å². The highest BCUT2D eigenvalue weighted by molar-refractivity contribution is 6.11. The molecule has 0 aliphatic carbocycles. The Morgan fingerprint density at radius 2 is 1.87 bits per heavy atom. The maximum Gasteiger partial charge on any atom is 0.265 e. The van der Waals surface area contributed by atoms with Gasteiger partial charge in [0, 0.05) is 24.8 Å². The first-order chi connectivity index (χ1) is 14.5. The molecular formula is C23H22N4O3. The van der Waals surface area contributed by atoms with E-state index in [1.165, 1.54) is 16.7 Å². The Morgan fingerprint density at radius 3 is 2.63 bits per heavy atom. The normalized spacial score (nSPS) is 11.3. The molecule has 7 heteroatoms. The Labute approximate surface area is 173 Å². The second-order valence-corrected chi connectivity index (χ2v) is 7.35. The fraction of sp³-hybridized carbons (Fsp3) is 0.174. The van der Waals surface area contributed by atoms with Crippen LogP contribution in [0.1, 0.15) is 15.9 Å². The van der Waals surface area contributed by atoms with Gasteiger partial charge in [0.25, 0.3) is 5.56 Å². The number of aromatic hydroxyl groups is 1. The zero-order chi connectivity index (χ0) is 21.3. The largest absolute Gasteiger partial charge is 0.507 e. The van der Waals surface area contributed by atoms with Crippen LogP contribution in [0.2, 0.25) is 0 Å². The Morgan fingerprint density at radius 1 is 1.13 bits per heavy atom. The quantitative estimate of drug-likeness (QED) is 0.381. The van der Waals surface area contributed by atoms with E-state index >= 15 is 0 Å². The average Bonchev–Trinajstić information content (AvgIpc) is 2.74. The van der Waals surface area contributed by atoms with Crippen LogP contribution in [0.3, 0.4) is 0 Å². The lowest BCUT2D eigenvalue weighted by molar-refractivity contribution is 0.103. The molecule has 0 aliphatic rings. The van der Waals surface area contributed by atoms with Crippen LogP contribution in [0.5, 0.6) is 5.75 Å². The molecule has 0 unspecified atom stereocenters. The van der Waals surface area contributed by atoms with E-state index in [2.05, 4.69) is 10.3 Å². The van der Waals surface area contributed by atoms with Gasteiger partial charge in [0.2, 0.25) is 0 Å². The van der Waals surface area contributed by atoms with Gasteiger partial charge in [-0.25, -0.2) is 4.98 Å². The molecule has 4 rings (SSSR count). The summed E-state index contributed by atoms with van der Waals surface area (Å²) in [4.78, 5) is 32.9. The number of likely N-dealkylation sites (N-methyl/N-ethyl adjacent to an activating group) is 1. The van der Waals surface area contributed by atoms with Crippen molar-refractivity contribution >= 4 is 28.0 Å². The maximum atomic E-state index is 13.1. The second kappa shape index (κ2) is 7.96. The van der Waals surface area contributed by atoms with E-state index in [0.717, 1.165) is 6.54 Å². The summed E-state index contributed by atoms with van der Waals surface area (Å²) in [6.45, 7) is 1.38. The lowest BCUT2D eigenvalue weighted by Gasteiger charge is -2.15. The van der Waals surface area contributed by atoms with E-state index in [4.69, 9.17) is 0 Å². The number of nitrogens with one attached hydrogen (secondary N) is 1. The van der Waals surface area contributed by atoms with Crippen molar-refractivity contribution in [3.05, 3.63) is 82.3 Å². The third-order valence-corrected chi connectivity index (χ3v) is 4.90. The lowest BCUT2D eigenvalue weighted by atomic mass is 10.0. The number of benzene rings is 2. The highest BCUT2D eigenvalue weighted by Crippen LogP contribution is 2.24. The number of anilines is 1. The molecule has 0 saturated carbocycles. The fourth-order valence-corrected chi connectivity index (χ4v) is 3.34. The first-order valence-electron chi connectivity index (χ1n) is 9.62. The fourth-order valence-electron chi connectivity index (χ4n) is 3.34. The minimum atomic E-state index is -0.370. The minimum Gasteiger partial charge on any atom is -0.507 e. The van der Waals surface area contributed by atoms with Crippen molar-refractivity contribution in [2.75, 3.05) is 32.5 Å². The van der Waals surface area contributed by atoms with E-state index in [9.17, 15) is 14.7 Å². The molecule has 2 aromatic carbocycles. The number of phenols is 1.